The highest BCUT2D eigenvalue weighted by Crippen LogP contribution is 2.23. The Kier molecular flexibility index (Phi) is 6.42. The molecule has 1 aliphatic heterocycles. The molecular weight excluding hydrogens is 414 g/mol. The zero-order chi connectivity index (χ0) is 21.9. The van der Waals surface area contributed by atoms with Gasteiger partial charge in [0.2, 0.25) is 10.0 Å². The van der Waals surface area contributed by atoms with Gasteiger partial charge in [0.05, 0.1) is 4.90 Å². The van der Waals surface area contributed by atoms with Crippen LogP contribution in [0.1, 0.15) is 26.7 Å². The van der Waals surface area contributed by atoms with Crippen molar-refractivity contribution in [2.45, 2.75) is 43.2 Å². The standard InChI is InChI=1S/C21H24F2N2O4S/c1-21(2,29-18-7-3-15(22)4-8-18)20(26)24-17-11-13-25(14-12-17)30(27,28)19-9-5-16(23)6-10-19/h3-10,17H,11-14H2,1-2H3,(H,24,26). The average Bonchev–Trinajstić information content (AvgIpc) is 2.70. The highest BCUT2D eigenvalue weighted by molar-refractivity contribution is 7.89. The lowest BCUT2D eigenvalue weighted by molar-refractivity contribution is -0.135. The summed E-state index contributed by atoms with van der Waals surface area (Å²) in [6, 6.07) is 9.91. The predicted octanol–water partition coefficient (Wildman–Crippen LogP) is 3.09. The van der Waals surface area contributed by atoms with Crippen LogP contribution in [0.2, 0.25) is 0 Å². The summed E-state index contributed by atoms with van der Waals surface area (Å²) in [5.41, 5.74) is -1.19. The molecule has 6 nitrogen and oxygen atoms in total. The maximum Gasteiger partial charge on any atom is 0.263 e. The average molecular weight is 438 g/mol. The quantitative estimate of drug-likeness (QED) is 0.752. The molecule has 0 spiro atoms. The second-order valence-corrected chi connectivity index (χ2v) is 9.61. The number of carbonyl (C=O) groups is 1. The summed E-state index contributed by atoms with van der Waals surface area (Å²) < 4.78 is 58.5. The number of benzene rings is 2. The monoisotopic (exact) mass is 438 g/mol. The van der Waals surface area contributed by atoms with Gasteiger partial charge in [0.25, 0.3) is 5.91 Å². The molecule has 1 aliphatic rings. The zero-order valence-corrected chi connectivity index (χ0v) is 17.6. The van der Waals surface area contributed by atoms with Crippen LogP contribution in [0.15, 0.2) is 53.4 Å². The van der Waals surface area contributed by atoms with Gasteiger partial charge in [0, 0.05) is 19.1 Å². The number of hydrogen-bond donors (Lipinski definition) is 1. The van der Waals surface area contributed by atoms with Crippen LogP contribution in [0, 0.1) is 11.6 Å². The van der Waals surface area contributed by atoms with Gasteiger partial charge in [0.1, 0.15) is 17.4 Å². The normalized spacial score (nSPS) is 16.3. The van der Waals surface area contributed by atoms with Crippen molar-refractivity contribution in [1.29, 1.82) is 0 Å². The molecule has 1 heterocycles. The van der Waals surface area contributed by atoms with Gasteiger partial charge in [-0.05, 0) is 75.2 Å². The molecular formula is C21H24F2N2O4S. The van der Waals surface area contributed by atoms with E-state index in [0.717, 1.165) is 12.1 Å². The van der Waals surface area contributed by atoms with E-state index in [1.807, 2.05) is 0 Å². The van der Waals surface area contributed by atoms with Crippen LogP contribution in [0.5, 0.6) is 5.75 Å². The van der Waals surface area contributed by atoms with Crippen molar-refractivity contribution in [2.75, 3.05) is 13.1 Å². The van der Waals surface area contributed by atoms with Crippen molar-refractivity contribution in [3.05, 3.63) is 60.2 Å². The van der Waals surface area contributed by atoms with E-state index in [2.05, 4.69) is 5.32 Å². The minimum absolute atomic E-state index is 0.0419. The van der Waals surface area contributed by atoms with Crippen molar-refractivity contribution in [1.82, 2.24) is 9.62 Å². The minimum atomic E-state index is -3.70. The summed E-state index contributed by atoms with van der Waals surface area (Å²) in [5, 5.41) is 2.90. The molecule has 3 rings (SSSR count). The fourth-order valence-electron chi connectivity index (χ4n) is 3.20. The highest BCUT2D eigenvalue weighted by atomic mass is 32.2. The number of amides is 1. The Bertz CT molecular complexity index is 985. The van der Waals surface area contributed by atoms with E-state index in [-0.39, 0.29) is 29.9 Å². The van der Waals surface area contributed by atoms with Crippen LogP contribution >= 0.6 is 0 Å². The Balaban J connectivity index is 1.56. The third-order valence-electron chi connectivity index (χ3n) is 4.97. The van der Waals surface area contributed by atoms with E-state index >= 15 is 0 Å². The third kappa shape index (κ3) is 5.14. The molecule has 1 fully saturated rings. The van der Waals surface area contributed by atoms with Crippen LogP contribution in [-0.4, -0.2) is 43.4 Å². The van der Waals surface area contributed by atoms with Crippen molar-refractivity contribution in [3.63, 3.8) is 0 Å². The van der Waals surface area contributed by atoms with Gasteiger partial charge in [0.15, 0.2) is 5.60 Å². The summed E-state index contributed by atoms with van der Waals surface area (Å²) in [6.45, 7) is 3.70. The molecule has 0 aliphatic carbocycles. The molecule has 1 saturated heterocycles. The van der Waals surface area contributed by atoms with Gasteiger partial charge in [-0.2, -0.15) is 4.31 Å². The van der Waals surface area contributed by atoms with Crippen molar-refractivity contribution >= 4 is 15.9 Å². The molecule has 0 atom stereocenters. The molecule has 1 amide bonds. The van der Waals surface area contributed by atoms with Gasteiger partial charge in [-0.25, -0.2) is 17.2 Å². The number of hydrogen-bond acceptors (Lipinski definition) is 4. The van der Waals surface area contributed by atoms with E-state index in [9.17, 15) is 22.0 Å². The predicted molar refractivity (Wildman–Crippen MR) is 107 cm³/mol. The molecule has 162 valence electrons. The summed E-state index contributed by atoms with van der Waals surface area (Å²) in [5.74, 6) is -0.865. The molecule has 30 heavy (non-hydrogen) atoms. The van der Waals surface area contributed by atoms with Crippen molar-refractivity contribution in [2.24, 2.45) is 0 Å². The number of sulfonamides is 1. The number of halogens is 2. The first-order valence-corrected chi connectivity index (χ1v) is 11.0. The Hall–Kier alpha value is -2.52. The summed E-state index contributed by atoms with van der Waals surface area (Å²) in [7, 11) is -3.70. The number of ether oxygens (including phenoxy) is 1. The largest absolute Gasteiger partial charge is 0.478 e. The molecule has 2 aromatic carbocycles. The number of piperidine rings is 1. The first-order valence-electron chi connectivity index (χ1n) is 9.59. The zero-order valence-electron chi connectivity index (χ0n) is 16.8. The number of nitrogens with zero attached hydrogens (tertiary/aromatic N) is 1. The van der Waals surface area contributed by atoms with Crippen LogP contribution in [-0.2, 0) is 14.8 Å². The third-order valence-corrected chi connectivity index (χ3v) is 6.89. The fourth-order valence-corrected chi connectivity index (χ4v) is 4.67. The lowest BCUT2D eigenvalue weighted by Crippen LogP contribution is -2.53. The van der Waals surface area contributed by atoms with Gasteiger partial charge in [-0.15, -0.1) is 0 Å². The van der Waals surface area contributed by atoms with Crippen LogP contribution in [0.4, 0.5) is 8.78 Å². The number of rotatable bonds is 6. The Morgan fingerprint density at radius 3 is 2.03 bits per heavy atom. The van der Waals surface area contributed by atoms with E-state index in [1.165, 1.54) is 40.7 Å². The Labute approximate surface area is 174 Å². The number of carbonyl (C=O) groups excluding carboxylic acids is 1. The fraction of sp³-hybridized carbons (Fsp3) is 0.381. The summed E-state index contributed by atoms with van der Waals surface area (Å²) >= 11 is 0. The molecule has 0 radical (unpaired) electrons. The first-order chi connectivity index (χ1) is 14.1. The lowest BCUT2D eigenvalue weighted by Gasteiger charge is -2.34. The smallest absolute Gasteiger partial charge is 0.263 e. The van der Waals surface area contributed by atoms with E-state index in [0.29, 0.717) is 18.6 Å². The molecule has 0 saturated carbocycles. The SMILES string of the molecule is CC(C)(Oc1ccc(F)cc1)C(=O)NC1CCN(S(=O)(=O)c2ccc(F)cc2)CC1. The lowest BCUT2D eigenvalue weighted by atomic mass is 10.0. The van der Waals surface area contributed by atoms with Crippen LogP contribution in [0.3, 0.4) is 0 Å². The molecule has 0 unspecified atom stereocenters. The molecule has 0 aromatic heterocycles. The van der Waals surface area contributed by atoms with Crippen molar-refractivity contribution < 1.29 is 26.7 Å². The molecule has 2 aromatic rings. The van der Waals surface area contributed by atoms with E-state index < -0.39 is 27.3 Å². The summed E-state index contributed by atoms with van der Waals surface area (Å²) in [4.78, 5) is 12.7. The minimum Gasteiger partial charge on any atom is -0.478 e. The van der Waals surface area contributed by atoms with E-state index in [4.69, 9.17) is 4.74 Å². The molecule has 0 bridgehead atoms. The van der Waals surface area contributed by atoms with Gasteiger partial charge < -0.3 is 10.1 Å². The summed E-state index contributed by atoms with van der Waals surface area (Å²) in [6.07, 6.45) is 0.886. The van der Waals surface area contributed by atoms with E-state index in [1.54, 1.807) is 13.8 Å². The van der Waals surface area contributed by atoms with Gasteiger partial charge >= 0.3 is 0 Å². The van der Waals surface area contributed by atoms with Crippen LogP contribution < -0.4 is 10.1 Å². The highest BCUT2D eigenvalue weighted by Gasteiger charge is 2.34. The van der Waals surface area contributed by atoms with Gasteiger partial charge in [-0.1, -0.05) is 0 Å². The van der Waals surface area contributed by atoms with Gasteiger partial charge in [-0.3, -0.25) is 4.79 Å². The second kappa shape index (κ2) is 8.69. The molecule has 1 N–H and O–H groups in total. The Morgan fingerprint density at radius 2 is 1.50 bits per heavy atom. The maximum atomic E-state index is 13.1. The first kappa shape index (κ1) is 22.2. The van der Waals surface area contributed by atoms with Crippen LogP contribution in [0.25, 0.3) is 0 Å². The van der Waals surface area contributed by atoms with Crippen molar-refractivity contribution in [3.8, 4) is 5.75 Å². The Morgan fingerprint density at radius 1 is 1.00 bits per heavy atom. The topological polar surface area (TPSA) is 75.7 Å². The number of nitrogens with one attached hydrogen (secondary N) is 1. The maximum absolute atomic E-state index is 13.1. The second-order valence-electron chi connectivity index (χ2n) is 7.67. The molecule has 9 heteroatoms.